The summed E-state index contributed by atoms with van der Waals surface area (Å²) in [5.41, 5.74) is 11.6. The van der Waals surface area contributed by atoms with Crippen LogP contribution in [0.25, 0.3) is 33.0 Å². The van der Waals surface area contributed by atoms with E-state index >= 15 is 0 Å². The molecule has 0 bridgehead atoms. The van der Waals surface area contributed by atoms with E-state index < -0.39 is 0 Å². The highest BCUT2D eigenvalue weighted by Crippen LogP contribution is 2.52. The topological polar surface area (TPSA) is 3.24 Å². The van der Waals surface area contributed by atoms with Gasteiger partial charge in [0.25, 0.3) is 0 Å². The second kappa shape index (κ2) is 10.7. The maximum atomic E-state index is 2.42. The van der Waals surface area contributed by atoms with Crippen LogP contribution in [-0.4, -0.2) is 0 Å². The molecule has 0 saturated carbocycles. The van der Waals surface area contributed by atoms with Crippen molar-refractivity contribution >= 4 is 39.6 Å². The smallest absolute Gasteiger partial charge is 0.0601 e. The van der Waals surface area contributed by atoms with Gasteiger partial charge in [0.2, 0.25) is 0 Å². The molecule has 0 aliphatic carbocycles. The van der Waals surface area contributed by atoms with E-state index in [1.165, 1.54) is 71.0 Å². The summed E-state index contributed by atoms with van der Waals surface area (Å²) in [5.74, 6) is 0. The van der Waals surface area contributed by atoms with Gasteiger partial charge in [-0.3, -0.25) is 0 Å². The molecule has 7 rings (SSSR count). The average molecular weight is 590 g/mol. The summed E-state index contributed by atoms with van der Waals surface area (Å²) in [6.07, 6.45) is 0. The highest BCUT2D eigenvalue weighted by atomic mass is 32.2. The predicted molar refractivity (Wildman–Crippen MR) is 191 cm³/mol. The van der Waals surface area contributed by atoms with E-state index in [9.17, 15) is 0 Å². The van der Waals surface area contributed by atoms with Gasteiger partial charge in [0.05, 0.1) is 11.4 Å². The molecule has 1 aliphatic heterocycles. The quantitative estimate of drug-likeness (QED) is 0.202. The number of hydrogen-bond acceptors (Lipinski definition) is 2. The Bertz CT molecular complexity index is 1990. The Morgan fingerprint density at radius 3 is 1.82 bits per heavy atom. The summed E-state index contributed by atoms with van der Waals surface area (Å²) in [5, 5.41) is 2.53. The Morgan fingerprint density at radius 1 is 0.477 bits per heavy atom. The van der Waals surface area contributed by atoms with Gasteiger partial charge in [0.15, 0.2) is 0 Å². The number of benzene rings is 6. The fourth-order valence-electron chi connectivity index (χ4n) is 6.17. The summed E-state index contributed by atoms with van der Waals surface area (Å²) in [6.45, 7) is 13.7. The van der Waals surface area contributed by atoms with Crippen molar-refractivity contribution in [3.8, 4) is 22.3 Å². The van der Waals surface area contributed by atoms with E-state index in [1.807, 2.05) is 11.8 Å². The minimum Gasteiger partial charge on any atom is -0.308 e. The van der Waals surface area contributed by atoms with Crippen LogP contribution in [0, 0.1) is 0 Å². The summed E-state index contributed by atoms with van der Waals surface area (Å²) in [4.78, 5) is 5.01. The lowest BCUT2D eigenvalue weighted by Gasteiger charge is -2.34. The third kappa shape index (κ3) is 5.22. The molecule has 6 aromatic rings. The SMILES string of the molecule is CC(C)(C)c1ccc(-c2cc(-c3ccc(N4c5ccccc5Sc5cc(C(C)(C)C)ccc54)cc3)c3ccccc3c2)cc1. The first-order chi connectivity index (χ1) is 21.1. The average Bonchev–Trinajstić information content (AvgIpc) is 3.02. The Balaban J connectivity index is 1.31. The van der Waals surface area contributed by atoms with Crippen LogP contribution in [0.2, 0.25) is 0 Å². The van der Waals surface area contributed by atoms with Gasteiger partial charge >= 0.3 is 0 Å². The van der Waals surface area contributed by atoms with Crippen LogP contribution in [0.3, 0.4) is 0 Å². The zero-order chi connectivity index (χ0) is 30.6. The lowest BCUT2D eigenvalue weighted by molar-refractivity contribution is 0.588. The predicted octanol–water partition coefficient (Wildman–Crippen LogP) is 12.7. The lowest BCUT2D eigenvalue weighted by Crippen LogP contribution is -2.17. The van der Waals surface area contributed by atoms with Gasteiger partial charge in [-0.2, -0.15) is 0 Å². The molecule has 0 radical (unpaired) electrons. The van der Waals surface area contributed by atoms with E-state index in [4.69, 9.17) is 0 Å². The molecule has 0 atom stereocenters. The van der Waals surface area contributed by atoms with Crippen LogP contribution in [0.15, 0.2) is 137 Å². The van der Waals surface area contributed by atoms with Crippen LogP contribution in [-0.2, 0) is 10.8 Å². The summed E-state index contributed by atoms with van der Waals surface area (Å²) in [6, 6.07) is 47.4. The lowest BCUT2D eigenvalue weighted by atomic mass is 9.86. The highest BCUT2D eigenvalue weighted by Gasteiger charge is 2.26. The monoisotopic (exact) mass is 589 g/mol. The normalized spacial score (nSPS) is 13.1. The van der Waals surface area contributed by atoms with Gasteiger partial charge in [0, 0.05) is 15.5 Å². The van der Waals surface area contributed by atoms with Gasteiger partial charge < -0.3 is 4.90 Å². The molecule has 0 fully saturated rings. The molecule has 0 saturated heterocycles. The van der Waals surface area contributed by atoms with Crippen molar-refractivity contribution < 1.29 is 0 Å². The largest absolute Gasteiger partial charge is 0.308 e. The number of rotatable bonds is 3. The molecule has 218 valence electrons. The van der Waals surface area contributed by atoms with Gasteiger partial charge in [-0.1, -0.05) is 132 Å². The second-order valence-corrected chi connectivity index (χ2v) is 15.0. The van der Waals surface area contributed by atoms with E-state index in [2.05, 4.69) is 174 Å². The van der Waals surface area contributed by atoms with Crippen molar-refractivity contribution in [1.82, 2.24) is 0 Å². The maximum Gasteiger partial charge on any atom is 0.0601 e. The highest BCUT2D eigenvalue weighted by molar-refractivity contribution is 7.99. The van der Waals surface area contributed by atoms with Gasteiger partial charge in [-0.25, -0.2) is 0 Å². The molecular formula is C42H39NS. The van der Waals surface area contributed by atoms with E-state index in [0.717, 1.165) is 0 Å². The molecule has 0 aromatic heterocycles. The maximum absolute atomic E-state index is 2.42. The van der Waals surface area contributed by atoms with Gasteiger partial charge in [-0.15, -0.1) is 0 Å². The fourth-order valence-corrected chi connectivity index (χ4v) is 7.27. The molecule has 0 unspecified atom stereocenters. The van der Waals surface area contributed by atoms with Crippen molar-refractivity contribution in [3.05, 3.63) is 139 Å². The number of nitrogens with zero attached hydrogens (tertiary/aromatic N) is 1. The zero-order valence-corrected chi connectivity index (χ0v) is 27.3. The Kier molecular flexibility index (Phi) is 6.94. The molecule has 44 heavy (non-hydrogen) atoms. The number of hydrogen-bond donors (Lipinski definition) is 0. The van der Waals surface area contributed by atoms with E-state index in [0.29, 0.717) is 0 Å². The number of anilines is 3. The van der Waals surface area contributed by atoms with Gasteiger partial charge in [0.1, 0.15) is 0 Å². The minimum atomic E-state index is 0.102. The van der Waals surface area contributed by atoms with Crippen LogP contribution < -0.4 is 4.90 Å². The molecule has 2 heteroatoms. The standard InChI is InChI=1S/C42H39NS/c1-41(2,3)32-19-15-28(16-20-32)31-25-30-11-7-8-12-35(30)36(26-31)29-17-22-34(23-18-29)43-37-13-9-10-14-39(37)44-40-27-33(42(4,5)6)21-24-38(40)43/h7-27H,1-6H3. The molecule has 1 aliphatic rings. The van der Waals surface area contributed by atoms with Crippen molar-refractivity contribution in [2.24, 2.45) is 0 Å². The van der Waals surface area contributed by atoms with Crippen molar-refractivity contribution in [3.63, 3.8) is 0 Å². The van der Waals surface area contributed by atoms with E-state index in [-0.39, 0.29) is 10.8 Å². The molecular weight excluding hydrogens is 551 g/mol. The first-order valence-corrected chi connectivity index (χ1v) is 16.3. The molecule has 0 N–H and O–H groups in total. The molecule has 1 heterocycles. The first kappa shape index (κ1) is 28.5. The Morgan fingerprint density at radius 2 is 1.09 bits per heavy atom. The van der Waals surface area contributed by atoms with Crippen LogP contribution >= 0.6 is 11.8 Å². The molecule has 0 amide bonds. The van der Waals surface area contributed by atoms with Crippen LogP contribution in [0.5, 0.6) is 0 Å². The summed E-state index contributed by atoms with van der Waals surface area (Å²) < 4.78 is 0. The summed E-state index contributed by atoms with van der Waals surface area (Å²) in [7, 11) is 0. The number of fused-ring (bicyclic) bond motifs is 3. The second-order valence-electron chi connectivity index (χ2n) is 14.0. The summed E-state index contributed by atoms with van der Waals surface area (Å²) >= 11 is 1.87. The van der Waals surface area contributed by atoms with Crippen LogP contribution in [0.4, 0.5) is 17.1 Å². The van der Waals surface area contributed by atoms with Crippen LogP contribution in [0.1, 0.15) is 52.7 Å². The molecule has 6 aromatic carbocycles. The molecule has 1 nitrogen and oxygen atoms in total. The van der Waals surface area contributed by atoms with Crippen molar-refractivity contribution in [2.75, 3.05) is 4.90 Å². The van der Waals surface area contributed by atoms with Gasteiger partial charge in [-0.05, 0) is 104 Å². The Hall–Kier alpha value is -4.27. The fraction of sp³-hybridized carbons (Fsp3) is 0.190. The molecule has 0 spiro atoms. The number of para-hydroxylation sites is 1. The van der Waals surface area contributed by atoms with E-state index in [1.54, 1.807) is 0 Å². The third-order valence-electron chi connectivity index (χ3n) is 8.78. The minimum absolute atomic E-state index is 0.102. The first-order valence-electron chi connectivity index (χ1n) is 15.5. The zero-order valence-electron chi connectivity index (χ0n) is 26.5. The van der Waals surface area contributed by atoms with Crippen molar-refractivity contribution in [2.45, 2.75) is 62.2 Å². The Labute approximate surface area is 266 Å². The third-order valence-corrected chi connectivity index (χ3v) is 9.89. The van der Waals surface area contributed by atoms with Crippen molar-refractivity contribution in [1.29, 1.82) is 0 Å².